The topological polar surface area (TPSA) is 72.9 Å². The van der Waals surface area contributed by atoms with Crippen molar-refractivity contribution in [2.75, 3.05) is 19.6 Å². The predicted molar refractivity (Wildman–Crippen MR) is 100 cm³/mol. The van der Waals surface area contributed by atoms with Crippen molar-refractivity contribution >= 4 is 23.6 Å². The number of amides is 2. The summed E-state index contributed by atoms with van der Waals surface area (Å²) in [5.74, 6) is -0.806. The van der Waals surface area contributed by atoms with Crippen LogP contribution in [0.2, 0.25) is 5.02 Å². The zero-order chi connectivity index (χ0) is 18.7. The molecule has 0 aromatic heterocycles. The zero-order valence-electron chi connectivity index (χ0n) is 15.0. The molecular formula is C19H26ClN3O3. The molecule has 142 valence electrons. The Kier molecular flexibility index (Phi) is 6.04. The second-order valence-corrected chi connectivity index (χ2v) is 7.51. The first-order valence-corrected chi connectivity index (χ1v) is 9.64. The molecule has 2 amide bonds. The van der Waals surface area contributed by atoms with Crippen molar-refractivity contribution < 1.29 is 14.7 Å². The highest BCUT2D eigenvalue weighted by molar-refractivity contribution is 6.31. The van der Waals surface area contributed by atoms with E-state index in [9.17, 15) is 9.59 Å². The smallest absolute Gasteiger partial charge is 0.318 e. The largest absolute Gasteiger partial charge is 0.480 e. The number of hydrogen-bond donors (Lipinski definition) is 2. The van der Waals surface area contributed by atoms with E-state index >= 15 is 0 Å². The standard InChI is InChI=1S/C19H26ClN3O3/c1-2-22(12-18(24)25)14-10-13(11-14)21-19(26)23-9-5-8-17(23)15-6-3-4-7-16(15)20/h3-4,6-7,13-14,17H,2,5,8-12H2,1H3,(H,21,26)(H,24,25). The van der Waals surface area contributed by atoms with E-state index in [4.69, 9.17) is 16.7 Å². The molecule has 6 nitrogen and oxygen atoms in total. The minimum Gasteiger partial charge on any atom is -0.480 e. The van der Waals surface area contributed by atoms with Crippen molar-refractivity contribution in [2.45, 2.75) is 50.7 Å². The minimum absolute atomic E-state index is 0.0266. The maximum absolute atomic E-state index is 12.7. The third kappa shape index (κ3) is 4.13. The van der Waals surface area contributed by atoms with Crippen molar-refractivity contribution in [3.63, 3.8) is 0 Å². The molecule has 2 aliphatic rings. The fourth-order valence-electron chi connectivity index (χ4n) is 4.01. The Bertz CT molecular complexity index is 663. The lowest BCUT2D eigenvalue weighted by Gasteiger charge is -2.43. The molecule has 1 aliphatic carbocycles. The molecule has 3 rings (SSSR count). The molecule has 1 saturated carbocycles. The Morgan fingerprint density at radius 3 is 2.73 bits per heavy atom. The second kappa shape index (κ2) is 8.27. The summed E-state index contributed by atoms with van der Waals surface area (Å²) in [5, 5.41) is 12.8. The zero-order valence-corrected chi connectivity index (χ0v) is 15.8. The number of carboxylic acids is 1. The average molecular weight is 380 g/mol. The van der Waals surface area contributed by atoms with Crippen LogP contribution in [0.5, 0.6) is 0 Å². The van der Waals surface area contributed by atoms with Crippen LogP contribution in [0.15, 0.2) is 24.3 Å². The normalized spacial score (nSPS) is 25.2. The van der Waals surface area contributed by atoms with E-state index in [1.165, 1.54) is 0 Å². The molecule has 0 radical (unpaired) electrons. The summed E-state index contributed by atoms with van der Waals surface area (Å²) >= 11 is 6.32. The Balaban J connectivity index is 1.54. The summed E-state index contributed by atoms with van der Waals surface area (Å²) in [6.07, 6.45) is 3.50. The number of carbonyl (C=O) groups is 2. The number of carboxylic acid groups (broad SMARTS) is 1. The van der Waals surface area contributed by atoms with Gasteiger partial charge in [0.15, 0.2) is 0 Å². The lowest BCUT2D eigenvalue weighted by atomic mass is 9.85. The number of urea groups is 1. The summed E-state index contributed by atoms with van der Waals surface area (Å²) in [4.78, 5) is 27.5. The summed E-state index contributed by atoms with van der Waals surface area (Å²) in [5.41, 5.74) is 1.01. The Morgan fingerprint density at radius 1 is 1.35 bits per heavy atom. The van der Waals surface area contributed by atoms with Crippen LogP contribution in [0.3, 0.4) is 0 Å². The fraction of sp³-hybridized carbons (Fsp3) is 0.579. The third-order valence-electron chi connectivity index (χ3n) is 5.48. The van der Waals surface area contributed by atoms with Crippen LogP contribution in [-0.2, 0) is 4.79 Å². The number of benzene rings is 1. The highest BCUT2D eigenvalue weighted by atomic mass is 35.5. The van der Waals surface area contributed by atoms with Gasteiger partial charge in [-0.3, -0.25) is 9.69 Å². The number of likely N-dealkylation sites (tertiary alicyclic amines) is 1. The van der Waals surface area contributed by atoms with Gasteiger partial charge in [0.2, 0.25) is 0 Å². The number of nitrogens with zero attached hydrogens (tertiary/aromatic N) is 2. The molecule has 1 aliphatic heterocycles. The van der Waals surface area contributed by atoms with Gasteiger partial charge in [0.25, 0.3) is 0 Å². The monoisotopic (exact) mass is 379 g/mol. The Morgan fingerprint density at radius 2 is 2.08 bits per heavy atom. The summed E-state index contributed by atoms with van der Waals surface area (Å²) < 4.78 is 0. The van der Waals surface area contributed by atoms with Gasteiger partial charge < -0.3 is 15.3 Å². The van der Waals surface area contributed by atoms with Gasteiger partial charge >= 0.3 is 12.0 Å². The Labute approximate surface area is 159 Å². The van der Waals surface area contributed by atoms with Crippen LogP contribution in [0.25, 0.3) is 0 Å². The maximum atomic E-state index is 12.7. The van der Waals surface area contributed by atoms with E-state index in [0.29, 0.717) is 11.6 Å². The van der Waals surface area contributed by atoms with Crippen LogP contribution < -0.4 is 5.32 Å². The number of hydrogen-bond acceptors (Lipinski definition) is 3. The fourth-order valence-corrected chi connectivity index (χ4v) is 4.27. The first-order valence-electron chi connectivity index (χ1n) is 9.27. The second-order valence-electron chi connectivity index (χ2n) is 7.10. The minimum atomic E-state index is -0.806. The van der Waals surface area contributed by atoms with Crippen molar-refractivity contribution in [1.82, 2.24) is 15.1 Å². The lowest BCUT2D eigenvalue weighted by Crippen LogP contribution is -2.56. The van der Waals surface area contributed by atoms with E-state index in [-0.39, 0.29) is 30.7 Å². The van der Waals surface area contributed by atoms with Gasteiger partial charge in [-0.2, -0.15) is 0 Å². The molecule has 2 N–H and O–H groups in total. The SMILES string of the molecule is CCN(CC(=O)O)C1CC(NC(=O)N2CCCC2c2ccccc2Cl)C1. The number of rotatable bonds is 6. The number of aliphatic carboxylic acids is 1. The molecule has 1 unspecified atom stereocenters. The molecule has 0 bridgehead atoms. The van der Waals surface area contributed by atoms with Crippen molar-refractivity contribution in [3.05, 3.63) is 34.9 Å². The predicted octanol–water partition coefficient (Wildman–Crippen LogP) is 3.12. The molecule has 26 heavy (non-hydrogen) atoms. The molecule has 1 heterocycles. The van der Waals surface area contributed by atoms with Gasteiger partial charge in [-0.1, -0.05) is 36.7 Å². The van der Waals surface area contributed by atoms with Crippen LogP contribution in [-0.4, -0.2) is 58.6 Å². The number of carbonyl (C=O) groups excluding carboxylic acids is 1. The van der Waals surface area contributed by atoms with Gasteiger partial charge in [0.05, 0.1) is 12.6 Å². The lowest BCUT2D eigenvalue weighted by molar-refractivity contribution is -0.139. The van der Waals surface area contributed by atoms with E-state index in [1.54, 1.807) is 0 Å². The number of likely N-dealkylation sites (N-methyl/N-ethyl adjacent to an activating group) is 1. The van der Waals surface area contributed by atoms with E-state index < -0.39 is 5.97 Å². The third-order valence-corrected chi connectivity index (χ3v) is 5.82. The highest BCUT2D eigenvalue weighted by Gasteiger charge is 2.37. The molecule has 7 heteroatoms. The maximum Gasteiger partial charge on any atom is 0.318 e. The van der Waals surface area contributed by atoms with Crippen molar-refractivity contribution in [2.24, 2.45) is 0 Å². The molecule has 2 fully saturated rings. The van der Waals surface area contributed by atoms with Crippen LogP contribution in [0.1, 0.15) is 44.2 Å². The first kappa shape index (κ1) is 19.0. The molecule has 1 saturated heterocycles. The van der Waals surface area contributed by atoms with Crippen LogP contribution in [0, 0.1) is 0 Å². The molecule has 1 aromatic carbocycles. The van der Waals surface area contributed by atoms with Crippen LogP contribution in [0.4, 0.5) is 4.79 Å². The quantitative estimate of drug-likeness (QED) is 0.796. The highest BCUT2D eigenvalue weighted by Crippen LogP contribution is 2.36. The summed E-state index contributed by atoms with van der Waals surface area (Å²) in [7, 11) is 0. The van der Waals surface area contributed by atoms with Crippen molar-refractivity contribution in [3.8, 4) is 0 Å². The van der Waals surface area contributed by atoms with Gasteiger partial charge in [-0.05, 0) is 43.9 Å². The number of nitrogens with one attached hydrogen (secondary N) is 1. The van der Waals surface area contributed by atoms with E-state index in [0.717, 1.165) is 37.8 Å². The van der Waals surface area contributed by atoms with Gasteiger partial charge in [0, 0.05) is 23.7 Å². The van der Waals surface area contributed by atoms with Crippen molar-refractivity contribution in [1.29, 1.82) is 0 Å². The molecule has 1 aromatic rings. The summed E-state index contributed by atoms with van der Waals surface area (Å²) in [6, 6.07) is 8.04. The van der Waals surface area contributed by atoms with Gasteiger partial charge in [-0.25, -0.2) is 4.79 Å². The molecular weight excluding hydrogens is 354 g/mol. The Hall–Kier alpha value is -1.79. The number of halogens is 1. The van der Waals surface area contributed by atoms with Crippen LogP contribution >= 0.6 is 11.6 Å². The average Bonchev–Trinajstić information content (AvgIpc) is 3.05. The molecule has 0 spiro atoms. The summed E-state index contributed by atoms with van der Waals surface area (Å²) in [6.45, 7) is 3.46. The molecule has 1 atom stereocenters. The van der Waals surface area contributed by atoms with Gasteiger partial charge in [0.1, 0.15) is 0 Å². The van der Waals surface area contributed by atoms with E-state index in [2.05, 4.69) is 5.32 Å². The first-order chi connectivity index (χ1) is 12.5. The van der Waals surface area contributed by atoms with E-state index in [1.807, 2.05) is 41.0 Å². The van der Waals surface area contributed by atoms with Gasteiger partial charge in [-0.15, -0.1) is 0 Å².